The van der Waals surface area contributed by atoms with Crippen LogP contribution in [-0.4, -0.2) is 11.5 Å². The highest BCUT2D eigenvalue weighted by atomic mass is 32.1. The van der Waals surface area contributed by atoms with Gasteiger partial charge in [-0.2, -0.15) is 0 Å². The zero-order valence-electron chi connectivity index (χ0n) is 10.4. The van der Waals surface area contributed by atoms with E-state index in [9.17, 15) is 0 Å². The summed E-state index contributed by atoms with van der Waals surface area (Å²) in [7, 11) is 0. The highest BCUT2D eigenvalue weighted by molar-refractivity contribution is 7.11. The lowest BCUT2D eigenvalue weighted by molar-refractivity contribution is 0.683. The van der Waals surface area contributed by atoms with Crippen LogP contribution in [0.3, 0.4) is 0 Å². The summed E-state index contributed by atoms with van der Waals surface area (Å²) in [5.41, 5.74) is 2.54. The third kappa shape index (κ3) is 3.65. The summed E-state index contributed by atoms with van der Waals surface area (Å²) in [6, 6.07) is 10.6. The average Bonchev–Trinajstić information content (AvgIpc) is 2.66. The number of rotatable bonds is 5. The molecule has 0 atom stereocenters. The molecular weight excluding hydrogens is 228 g/mol. The van der Waals surface area contributed by atoms with E-state index >= 15 is 0 Å². The number of benzene rings is 1. The summed E-state index contributed by atoms with van der Waals surface area (Å²) < 4.78 is 0. The van der Waals surface area contributed by atoms with Gasteiger partial charge in [-0.3, -0.25) is 0 Å². The lowest BCUT2D eigenvalue weighted by atomic mass is 10.1. The van der Waals surface area contributed by atoms with Gasteiger partial charge in [0, 0.05) is 11.4 Å². The molecule has 3 heteroatoms. The molecule has 0 fully saturated rings. The number of hydrogen-bond acceptors (Lipinski definition) is 3. The van der Waals surface area contributed by atoms with E-state index in [1.807, 2.05) is 0 Å². The molecule has 2 aromatic rings. The Morgan fingerprint density at radius 2 is 1.94 bits per heavy atom. The molecule has 1 aromatic carbocycles. The second kappa shape index (κ2) is 5.94. The van der Waals surface area contributed by atoms with Gasteiger partial charge in [-0.25, -0.2) is 4.98 Å². The normalized spacial score (nSPS) is 10.7. The second-order valence-electron chi connectivity index (χ2n) is 4.16. The van der Waals surface area contributed by atoms with E-state index in [1.54, 1.807) is 11.3 Å². The Morgan fingerprint density at radius 1 is 1.18 bits per heavy atom. The molecule has 0 aliphatic carbocycles. The Bertz CT molecular complexity index is 443. The Kier molecular flexibility index (Phi) is 4.29. The summed E-state index contributed by atoms with van der Waals surface area (Å²) in [5.74, 6) is 0. The molecule has 1 aromatic heterocycles. The molecule has 0 spiro atoms. The first-order valence-electron chi connectivity index (χ1n) is 5.93. The van der Waals surface area contributed by atoms with Gasteiger partial charge in [0.05, 0.1) is 5.69 Å². The fourth-order valence-electron chi connectivity index (χ4n) is 1.69. The van der Waals surface area contributed by atoms with Gasteiger partial charge in [0.25, 0.3) is 0 Å². The maximum absolute atomic E-state index is 4.51. The van der Waals surface area contributed by atoms with Crippen LogP contribution < -0.4 is 5.32 Å². The smallest absolute Gasteiger partial charge is 0.107 e. The zero-order valence-corrected chi connectivity index (χ0v) is 11.2. The van der Waals surface area contributed by atoms with E-state index in [2.05, 4.69) is 54.5 Å². The van der Waals surface area contributed by atoms with Crippen LogP contribution in [0.25, 0.3) is 0 Å². The van der Waals surface area contributed by atoms with Gasteiger partial charge in [-0.05, 0) is 32.4 Å². The molecule has 2 rings (SSSR count). The molecule has 90 valence electrons. The first-order valence-corrected chi connectivity index (χ1v) is 6.75. The molecule has 0 aliphatic heterocycles. The molecular formula is C14H18N2S. The van der Waals surface area contributed by atoms with Gasteiger partial charge in [-0.15, -0.1) is 11.3 Å². The maximum Gasteiger partial charge on any atom is 0.107 e. The van der Waals surface area contributed by atoms with Crippen LogP contribution in [0.1, 0.15) is 21.1 Å². The van der Waals surface area contributed by atoms with Crippen molar-refractivity contribution in [1.82, 2.24) is 10.3 Å². The van der Waals surface area contributed by atoms with Crippen LogP contribution in [0.15, 0.2) is 30.3 Å². The molecule has 1 N–H and O–H groups in total. The molecule has 2 nitrogen and oxygen atoms in total. The molecule has 1 heterocycles. The van der Waals surface area contributed by atoms with Crippen molar-refractivity contribution in [3.8, 4) is 0 Å². The summed E-state index contributed by atoms with van der Waals surface area (Å²) in [6.45, 7) is 6.08. The largest absolute Gasteiger partial charge is 0.310 e. The highest BCUT2D eigenvalue weighted by Gasteiger charge is 2.02. The van der Waals surface area contributed by atoms with Crippen LogP contribution in [0.5, 0.6) is 0 Å². The van der Waals surface area contributed by atoms with Crippen molar-refractivity contribution in [3.05, 3.63) is 51.5 Å². The van der Waals surface area contributed by atoms with Gasteiger partial charge in [0.15, 0.2) is 0 Å². The highest BCUT2D eigenvalue weighted by Crippen LogP contribution is 2.15. The SMILES string of the molecule is Cc1nc(CNCCc2ccccc2)sc1C. The van der Waals surface area contributed by atoms with Crippen LogP contribution in [-0.2, 0) is 13.0 Å². The number of aryl methyl sites for hydroxylation is 2. The zero-order chi connectivity index (χ0) is 12.1. The molecule has 0 saturated heterocycles. The van der Waals surface area contributed by atoms with E-state index < -0.39 is 0 Å². The molecule has 0 amide bonds. The minimum absolute atomic E-state index is 0.881. The maximum atomic E-state index is 4.51. The minimum Gasteiger partial charge on any atom is -0.310 e. The molecule has 0 radical (unpaired) electrons. The van der Waals surface area contributed by atoms with Crippen molar-refractivity contribution < 1.29 is 0 Å². The third-order valence-corrected chi connectivity index (χ3v) is 3.86. The van der Waals surface area contributed by atoms with Crippen molar-refractivity contribution in [3.63, 3.8) is 0 Å². The van der Waals surface area contributed by atoms with Crippen molar-refractivity contribution >= 4 is 11.3 Å². The average molecular weight is 246 g/mol. The molecule has 0 unspecified atom stereocenters. The Morgan fingerprint density at radius 3 is 2.59 bits per heavy atom. The monoisotopic (exact) mass is 246 g/mol. The summed E-state index contributed by atoms with van der Waals surface area (Å²) in [6.07, 6.45) is 1.07. The standard InChI is InChI=1S/C14H18N2S/c1-11-12(2)17-14(16-11)10-15-9-8-13-6-4-3-5-7-13/h3-7,15H,8-10H2,1-2H3. The lowest BCUT2D eigenvalue weighted by Gasteiger charge is -2.02. The van der Waals surface area contributed by atoms with Gasteiger partial charge in [0.2, 0.25) is 0 Å². The summed E-state index contributed by atoms with van der Waals surface area (Å²) in [5, 5.41) is 4.63. The van der Waals surface area contributed by atoms with Gasteiger partial charge >= 0.3 is 0 Å². The first kappa shape index (κ1) is 12.3. The minimum atomic E-state index is 0.881. The number of hydrogen-bond donors (Lipinski definition) is 1. The first-order chi connectivity index (χ1) is 8.25. The predicted molar refractivity (Wildman–Crippen MR) is 73.4 cm³/mol. The fourth-order valence-corrected chi connectivity index (χ4v) is 2.59. The number of aromatic nitrogens is 1. The van der Waals surface area contributed by atoms with Gasteiger partial charge in [-0.1, -0.05) is 30.3 Å². The Balaban J connectivity index is 1.73. The van der Waals surface area contributed by atoms with Crippen LogP contribution in [0.2, 0.25) is 0 Å². The van der Waals surface area contributed by atoms with E-state index in [0.29, 0.717) is 0 Å². The van der Waals surface area contributed by atoms with Crippen LogP contribution in [0.4, 0.5) is 0 Å². The van der Waals surface area contributed by atoms with E-state index in [4.69, 9.17) is 0 Å². The van der Waals surface area contributed by atoms with Crippen molar-refractivity contribution in [2.45, 2.75) is 26.8 Å². The van der Waals surface area contributed by atoms with E-state index in [0.717, 1.165) is 25.2 Å². The fraction of sp³-hybridized carbons (Fsp3) is 0.357. The number of nitrogens with one attached hydrogen (secondary N) is 1. The van der Waals surface area contributed by atoms with Crippen molar-refractivity contribution in [2.24, 2.45) is 0 Å². The van der Waals surface area contributed by atoms with Crippen LogP contribution >= 0.6 is 11.3 Å². The molecule has 0 aliphatic rings. The van der Waals surface area contributed by atoms with E-state index in [-0.39, 0.29) is 0 Å². The van der Waals surface area contributed by atoms with Crippen molar-refractivity contribution in [2.75, 3.05) is 6.54 Å². The Labute approximate surface area is 107 Å². The van der Waals surface area contributed by atoms with Gasteiger partial charge in [0.1, 0.15) is 5.01 Å². The van der Waals surface area contributed by atoms with Crippen LogP contribution in [0, 0.1) is 13.8 Å². The number of nitrogens with zero attached hydrogens (tertiary/aromatic N) is 1. The molecule has 0 bridgehead atoms. The second-order valence-corrected chi connectivity index (χ2v) is 5.45. The summed E-state index contributed by atoms with van der Waals surface area (Å²) >= 11 is 1.79. The summed E-state index contributed by atoms with van der Waals surface area (Å²) in [4.78, 5) is 5.83. The van der Waals surface area contributed by atoms with Crippen molar-refractivity contribution in [1.29, 1.82) is 0 Å². The third-order valence-electron chi connectivity index (χ3n) is 2.78. The molecule has 0 saturated carbocycles. The van der Waals surface area contributed by atoms with Gasteiger partial charge < -0.3 is 5.32 Å². The Hall–Kier alpha value is -1.19. The lowest BCUT2D eigenvalue weighted by Crippen LogP contribution is -2.16. The molecule has 17 heavy (non-hydrogen) atoms. The quantitative estimate of drug-likeness (QED) is 0.820. The predicted octanol–water partition coefficient (Wildman–Crippen LogP) is 3.09. The topological polar surface area (TPSA) is 24.9 Å². The van der Waals surface area contributed by atoms with E-state index in [1.165, 1.54) is 15.4 Å². The number of thiazole rings is 1.